The van der Waals surface area contributed by atoms with Crippen molar-refractivity contribution in [3.05, 3.63) is 42.5 Å². The topological polar surface area (TPSA) is 66.2 Å². The summed E-state index contributed by atoms with van der Waals surface area (Å²) < 4.78 is 25.4. The van der Waals surface area contributed by atoms with Crippen LogP contribution >= 0.6 is 0 Å². The van der Waals surface area contributed by atoms with Crippen LogP contribution in [0.3, 0.4) is 0 Å². The number of rotatable bonds is 7. The van der Waals surface area contributed by atoms with E-state index in [0.29, 0.717) is 23.5 Å². The number of halogens is 1. The quantitative estimate of drug-likeness (QED) is 0.701. The molecular formula is C19H24FN3O3. The monoisotopic (exact) mass is 361 g/mol. The van der Waals surface area contributed by atoms with E-state index in [2.05, 4.69) is 10.1 Å². The number of aryl methyl sites for hydroxylation is 1. The molecule has 2 aromatic rings. The second-order valence-electron chi connectivity index (χ2n) is 6.91. The molecule has 1 aromatic carbocycles. The summed E-state index contributed by atoms with van der Waals surface area (Å²) in [6, 6.07) is 7.22. The van der Waals surface area contributed by atoms with E-state index >= 15 is 0 Å². The summed E-state index contributed by atoms with van der Waals surface area (Å²) in [6.07, 6.45) is 2.47. The Labute approximate surface area is 152 Å². The second kappa shape index (κ2) is 8.60. The second-order valence-corrected chi connectivity index (χ2v) is 6.91. The van der Waals surface area contributed by atoms with Crippen molar-refractivity contribution in [2.75, 3.05) is 6.61 Å². The van der Waals surface area contributed by atoms with Gasteiger partial charge in [0.05, 0.1) is 6.33 Å². The zero-order valence-electron chi connectivity index (χ0n) is 15.5. The lowest BCUT2D eigenvalue weighted by molar-refractivity contribution is -0.154. The molecule has 0 radical (unpaired) electrons. The number of carbonyl (C=O) groups excluding carboxylic acids is 1. The average molecular weight is 361 g/mol. The van der Waals surface area contributed by atoms with Crippen molar-refractivity contribution in [1.82, 2.24) is 14.8 Å². The molecule has 0 atom stereocenters. The third-order valence-electron chi connectivity index (χ3n) is 3.36. The van der Waals surface area contributed by atoms with Gasteiger partial charge in [-0.25, -0.2) is 9.37 Å². The normalized spacial score (nSPS) is 12.1. The summed E-state index contributed by atoms with van der Waals surface area (Å²) in [5.74, 6) is 0.867. The molecule has 0 N–H and O–H groups in total. The van der Waals surface area contributed by atoms with E-state index in [-0.39, 0.29) is 25.4 Å². The van der Waals surface area contributed by atoms with E-state index in [9.17, 15) is 9.18 Å². The first-order chi connectivity index (χ1) is 12.3. The highest BCUT2D eigenvalue weighted by Gasteiger charge is 2.16. The summed E-state index contributed by atoms with van der Waals surface area (Å²) in [7, 11) is 1.80. The zero-order valence-corrected chi connectivity index (χ0v) is 15.5. The Morgan fingerprint density at radius 1 is 1.23 bits per heavy atom. The lowest BCUT2D eigenvalue weighted by atomic mass is 10.1. The highest BCUT2D eigenvalue weighted by Crippen LogP contribution is 2.20. The fourth-order valence-corrected chi connectivity index (χ4v) is 2.16. The van der Waals surface area contributed by atoms with Crippen LogP contribution < -0.4 is 4.74 Å². The van der Waals surface area contributed by atoms with E-state index in [1.54, 1.807) is 51.0 Å². The number of hydrogen-bond acceptors (Lipinski definition) is 5. The molecule has 1 aromatic heterocycles. The molecule has 1 heterocycles. The fourth-order valence-electron chi connectivity index (χ4n) is 2.16. The molecule has 0 spiro atoms. The molecule has 6 nitrogen and oxygen atoms in total. The van der Waals surface area contributed by atoms with Gasteiger partial charge in [0.2, 0.25) is 0 Å². The molecule has 0 aliphatic carbocycles. The molecular weight excluding hydrogens is 337 g/mol. The van der Waals surface area contributed by atoms with Crippen LogP contribution in [0.4, 0.5) is 4.39 Å². The maximum atomic E-state index is 13.0. The summed E-state index contributed by atoms with van der Waals surface area (Å²) in [4.78, 5) is 15.9. The smallest absolute Gasteiger partial charge is 0.306 e. The minimum atomic E-state index is -0.544. The molecule has 0 saturated carbocycles. The molecule has 0 fully saturated rings. The Balaban J connectivity index is 1.83. The van der Waals surface area contributed by atoms with Crippen molar-refractivity contribution in [2.45, 2.75) is 39.2 Å². The fraction of sp³-hybridized carbons (Fsp3) is 0.421. The number of esters is 1. The van der Waals surface area contributed by atoms with Crippen LogP contribution in [0.1, 0.15) is 33.6 Å². The van der Waals surface area contributed by atoms with Gasteiger partial charge in [0.1, 0.15) is 24.3 Å². The molecule has 0 bridgehead atoms. The van der Waals surface area contributed by atoms with Gasteiger partial charge in [-0.2, -0.15) is 5.10 Å². The molecule has 7 heteroatoms. The number of hydrogen-bond donors (Lipinski definition) is 0. The van der Waals surface area contributed by atoms with E-state index in [1.807, 2.05) is 12.1 Å². The van der Waals surface area contributed by atoms with Crippen LogP contribution in [-0.2, 0) is 16.6 Å². The van der Waals surface area contributed by atoms with Crippen LogP contribution in [0.25, 0.3) is 11.4 Å². The Morgan fingerprint density at radius 2 is 1.92 bits per heavy atom. The lowest BCUT2D eigenvalue weighted by Crippen LogP contribution is -2.23. The lowest BCUT2D eigenvalue weighted by Gasteiger charge is -2.19. The van der Waals surface area contributed by atoms with Crippen molar-refractivity contribution in [1.29, 1.82) is 0 Å². The Kier molecular flexibility index (Phi) is 6.49. The maximum absolute atomic E-state index is 13.0. The maximum Gasteiger partial charge on any atom is 0.306 e. The van der Waals surface area contributed by atoms with E-state index in [4.69, 9.17) is 9.47 Å². The van der Waals surface area contributed by atoms with Crippen molar-refractivity contribution in [3.63, 3.8) is 0 Å². The number of ether oxygens (including phenoxy) is 2. The van der Waals surface area contributed by atoms with Crippen LogP contribution in [0.2, 0.25) is 0 Å². The molecule has 0 saturated heterocycles. The average Bonchev–Trinajstić information content (AvgIpc) is 3.00. The predicted molar refractivity (Wildman–Crippen MR) is 96.2 cm³/mol. The van der Waals surface area contributed by atoms with Crippen molar-refractivity contribution in [3.8, 4) is 17.1 Å². The highest BCUT2D eigenvalue weighted by molar-refractivity contribution is 5.70. The molecule has 140 valence electrons. The Bertz CT molecular complexity index is 761. The predicted octanol–water partition coefficient (Wildman–Crippen LogP) is 3.84. The van der Waals surface area contributed by atoms with E-state index in [0.717, 1.165) is 5.56 Å². The van der Waals surface area contributed by atoms with Gasteiger partial charge in [0.25, 0.3) is 0 Å². The summed E-state index contributed by atoms with van der Waals surface area (Å²) in [6.45, 7) is 5.46. The van der Waals surface area contributed by atoms with Crippen LogP contribution in [0.5, 0.6) is 5.75 Å². The third kappa shape index (κ3) is 6.31. The minimum Gasteiger partial charge on any atom is -0.489 e. The Hall–Kier alpha value is -2.70. The minimum absolute atomic E-state index is 0.0699. The van der Waals surface area contributed by atoms with E-state index in [1.165, 1.54) is 0 Å². The summed E-state index contributed by atoms with van der Waals surface area (Å²) in [5, 5.41) is 4.23. The molecule has 0 unspecified atom stereocenters. The number of benzene rings is 1. The molecule has 2 rings (SSSR count). The first-order valence-electron chi connectivity index (χ1n) is 8.35. The van der Waals surface area contributed by atoms with Gasteiger partial charge >= 0.3 is 5.97 Å². The van der Waals surface area contributed by atoms with Crippen molar-refractivity contribution in [2.24, 2.45) is 7.05 Å². The molecule has 0 aliphatic heterocycles. The molecule has 26 heavy (non-hydrogen) atoms. The summed E-state index contributed by atoms with van der Waals surface area (Å²) in [5.41, 5.74) is 0.715. The van der Waals surface area contributed by atoms with Gasteiger partial charge in [-0.15, -0.1) is 0 Å². The SMILES string of the molecule is Cn1cnc(-c2ccc(OC/C(=C/F)CCC(=O)OC(C)(C)C)cc2)n1. The molecule has 0 amide bonds. The number of carbonyl (C=O) groups is 1. The zero-order chi connectivity index (χ0) is 19.2. The van der Waals surface area contributed by atoms with Gasteiger partial charge in [-0.3, -0.25) is 9.48 Å². The number of aromatic nitrogens is 3. The van der Waals surface area contributed by atoms with E-state index < -0.39 is 5.60 Å². The van der Waals surface area contributed by atoms with Crippen molar-refractivity contribution >= 4 is 5.97 Å². The van der Waals surface area contributed by atoms with Gasteiger partial charge in [0, 0.05) is 19.0 Å². The van der Waals surface area contributed by atoms with Crippen LogP contribution in [0.15, 0.2) is 42.5 Å². The van der Waals surface area contributed by atoms with Crippen LogP contribution in [-0.4, -0.2) is 32.9 Å². The number of nitrogens with zero attached hydrogens (tertiary/aromatic N) is 3. The Morgan fingerprint density at radius 3 is 2.46 bits per heavy atom. The molecule has 0 aliphatic rings. The first kappa shape index (κ1) is 19.6. The van der Waals surface area contributed by atoms with Crippen LogP contribution in [0, 0.1) is 0 Å². The van der Waals surface area contributed by atoms with Gasteiger partial charge < -0.3 is 9.47 Å². The summed E-state index contributed by atoms with van der Waals surface area (Å²) >= 11 is 0. The third-order valence-corrected chi connectivity index (χ3v) is 3.36. The largest absolute Gasteiger partial charge is 0.489 e. The van der Waals surface area contributed by atoms with Gasteiger partial charge in [-0.1, -0.05) is 0 Å². The highest BCUT2D eigenvalue weighted by atomic mass is 19.1. The van der Waals surface area contributed by atoms with Crippen molar-refractivity contribution < 1.29 is 18.7 Å². The standard InChI is InChI=1S/C19H24FN3O3/c1-19(2,3)26-17(24)10-5-14(11-20)12-25-16-8-6-15(7-9-16)18-21-13-23(4)22-18/h6-9,11,13H,5,10,12H2,1-4H3/b14-11+. The van der Waals surface area contributed by atoms with Gasteiger partial charge in [-0.05, 0) is 57.0 Å². The van der Waals surface area contributed by atoms with Gasteiger partial charge in [0.15, 0.2) is 5.82 Å². The first-order valence-corrected chi connectivity index (χ1v) is 8.35.